The minimum atomic E-state index is -4.40. The van der Waals surface area contributed by atoms with Crippen LogP contribution in [-0.4, -0.2) is 21.1 Å². The summed E-state index contributed by atoms with van der Waals surface area (Å²) in [6, 6.07) is 13.2. The molecule has 0 unspecified atom stereocenters. The number of carbonyl (C=O) groups excluding carboxylic acids is 1. The molecule has 2 aromatic carbocycles. The van der Waals surface area contributed by atoms with Crippen molar-refractivity contribution in [2.45, 2.75) is 25.6 Å². The van der Waals surface area contributed by atoms with Crippen LogP contribution in [0.25, 0.3) is 0 Å². The van der Waals surface area contributed by atoms with Crippen molar-refractivity contribution in [2.24, 2.45) is 0 Å². The van der Waals surface area contributed by atoms with E-state index < -0.39 is 17.8 Å². The van der Waals surface area contributed by atoms with E-state index in [2.05, 4.69) is 20.5 Å². The second-order valence-electron chi connectivity index (χ2n) is 6.06. The molecule has 0 bridgehead atoms. The summed E-state index contributed by atoms with van der Waals surface area (Å²) in [5, 5.41) is 9.71. The van der Waals surface area contributed by atoms with Crippen LogP contribution in [-0.2, 0) is 17.4 Å². The molecule has 0 radical (unpaired) electrons. The lowest BCUT2D eigenvalue weighted by atomic mass is 10.0. The Morgan fingerprint density at radius 3 is 2.33 bits per heavy atom. The SMILES string of the molecule is Cc1nc([C@H](NC(=O)Cc2ccc(C(F)(F)F)cc2)c2ccccc2)n[nH]1. The summed E-state index contributed by atoms with van der Waals surface area (Å²) in [4.78, 5) is 16.7. The number of hydrogen-bond acceptors (Lipinski definition) is 3. The van der Waals surface area contributed by atoms with E-state index in [-0.39, 0.29) is 12.3 Å². The summed E-state index contributed by atoms with van der Waals surface area (Å²) >= 11 is 0. The van der Waals surface area contributed by atoms with E-state index >= 15 is 0 Å². The van der Waals surface area contributed by atoms with Crippen LogP contribution in [0.5, 0.6) is 0 Å². The molecule has 1 heterocycles. The highest BCUT2D eigenvalue weighted by Crippen LogP contribution is 2.29. The average molecular weight is 374 g/mol. The second kappa shape index (κ2) is 7.61. The van der Waals surface area contributed by atoms with Gasteiger partial charge in [-0.05, 0) is 30.2 Å². The van der Waals surface area contributed by atoms with Gasteiger partial charge in [0.25, 0.3) is 0 Å². The number of aromatic nitrogens is 3. The van der Waals surface area contributed by atoms with Crippen LogP contribution in [0.2, 0.25) is 0 Å². The highest BCUT2D eigenvalue weighted by atomic mass is 19.4. The van der Waals surface area contributed by atoms with Crippen LogP contribution in [0.4, 0.5) is 13.2 Å². The zero-order valence-electron chi connectivity index (χ0n) is 14.4. The van der Waals surface area contributed by atoms with Crippen molar-refractivity contribution in [1.29, 1.82) is 0 Å². The summed E-state index contributed by atoms with van der Waals surface area (Å²) in [6.07, 6.45) is -4.45. The number of rotatable bonds is 5. The van der Waals surface area contributed by atoms with Gasteiger partial charge >= 0.3 is 6.18 Å². The number of nitrogens with one attached hydrogen (secondary N) is 2. The van der Waals surface area contributed by atoms with E-state index in [0.29, 0.717) is 17.2 Å². The standard InChI is InChI=1S/C19H17F3N4O/c1-12-23-18(26-25-12)17(14-5-3-2-4-6-14)24-16(27)11-13-7-9-15(10-8-13)19(20,21)22/h2-10,17H,11H2,1H3,(H,24,27)(H,23,25,26)/t17-/m1/s1. The Bertz CT molecular complexity index is 905. The summed E-state index contributed by atoms with van der Waals surface area (Å²) in [5.41, 5.74) is 0.542. The molecule has 3 rings (SSSR count). The van der Waals surface area contributed by atoms with Crippen LogP contribution >= 0.6 is 0 Å². The topological polar surface area (TPSA) is 70.7 Å². The van der Waals surface area contributed by atoms with Gasteiger partial charge in [0, 0.05) is 0 Å². The fourth-order valence-electron chi connectivity index (χ4n) is 2.64. The van der Waals surface area contributed by atoms with Crippen LogP contribution in [0.15, 0.2) is 54.6 Å². The Morgan fingerprint density at radius 1 is 1.11 bits per heavy atom. The number of alkyl halides is 3. The molecule has 0 aliphatic heterocycles. The number of aryl methyl sites for hydroxylation is 1. The maximum absolute atomic E-state index is 12.6. The van der Waals surface area contributed by atoms with E-state index in [1.165, 1.54) is 12.1 Å². The number of hydrogen-bond donors (Lipinski definition) is 2. The van der Waals surface area contributed by atoms with Gasteiger partial charge in [-0.2, -0.15) is 18.3 Å². The Labute approximate surface area is 153 Å². The first kappa shape index (κ1) is 18.6. The number of aromatic amines is 1. The normalized spacial score (nSPS) is 12.6. The van der Waals surface area contributed by atoms with Crippen molar-refractivity contribution in [3.63, 3.8) is 0 Å². The highest BCUT2D eigenvalue weighted by Gasteiger charge is 2.30. The molecular formula is C19H17F3N4O. The smallest absolute Gasteiger partial charge is 0.342 e. The van der Waals surface area contributed by atoms with Crippen molar-refractivity contribution in [1.82, 2.24) is 20.5 Å². The van der Waals surface area contributed by atoms with Gasteiger partial charge in [0.1, 0.15) is 11.9 Å². The van der Waals surface area contributed by atoms with Crippen molar-refractivity contribution in [3.8, 4) is 0 Å². The third-order valence-electron chi connectivity index (χ3n) is 3.96. The molecule has 0 aliphatic rings. The zero-order valence-corrected chi connectivity index (χ0v) is 14.4. The minimum Gasteiger partial charge on any atom is -0.342 e. The van der Waals surface area contributed by atoms with Gasteiger partial charge in [-0.3, -0.25) is 9.89 Å². The molecule has 140 valence electrons. The van der Waals surface area contributed by atoms with Crippen LogP contribution in [0.1, 0.15) is 34.4 Å². The predicted octanol–water partition coefficient (Wildman–Crippen LogP) is 3.58. The van der Waals surface area contributed by atoms with Crippen LogP contribution < -0.4 is 5.32 Å². The molecule has 0 saturated carbocycles. The zero-order chi connectivity index (χ0) is 19.4. The van der Waals surface area contributed by atoms with Gasteiger partial charge in [-0.1, -0.05) is 42.5 Å². The van der Waals surface area contributed by atoms with Crippen molar-refractivity contribution in [3.05, 3.63) is 82.9 Å². The molecule has 0 spiro atoms. The summed E-state index contributed by atoms with van der Waals surface area (Å²) in [7, 11) is 0. The lowest BCUT2D eigenvalue weighted by Crippen LogP contribution is -2.31. The predicted molar refractivity (Wildman–Crippen MR) is 92.7 cm³/mol. The first-order chi connectivity index (χ1) is 12.8. The fourth-order valence-corrected chi connectivity index (χ4v) is 2.64. The number of benzene rings is 2. The Kier molecular flexibility index (Phi) is 5.25. The molecular weight excluding hydrogens is 357 g/mol. The second-order valence-corrected chi connectivity index (χ2v) is 6.06. The molecule has 0 aliphatic carbocycles. The van der Waals surface area contributed by atoms with Gasteiger partial charge in [0.05, 0.1) is 12.0 Å². The summed E-state index contributed by atoms with van der Waals surface area (Å²) in [6.45, 7) is 1.75. The first-order valence-corrected chi connectivity index (χ1v) is 8.22. The number of H-pyrrole nitrogens is 1. The first-order valence-electron chi connectivity index (χ1n) is 8.22. The Hall–Kier alpha value is -3.16. The molecule has 5 nitrogen and oxygen atoms in total. The largest absolute Gasteiger partial charge is 0.416 e. The van der Waals surface area contributed by atoms with E-state index in [4.69, 9.17) is 0 Å². The van der Waals surface area contributed by atoms with Crippen LogP contribution in [0, 0.1) is 6.92 Å². The quantitative estimate of drug-likeness (QED) is 0.717. The summed E-state index contributed by atoms with van der Waals surface area (Å²) < 4.78 is 37.9. The molecule has 2 N–H and O–H groups in total. The van der Waals surface area contributed by atoms with E-state index in [0.717, 1.165) is 17.7 Å². The highest BCUT2D eigenvalue weighted by molar-refractivity contribution is 5.79. The third kappa shape index (κ3) is 4.72. The molecule has 3 aromatic rings. The molecule has 0 fully saturated rings. The molecule has 27 heavy (non-hydrogen) atoms. The monoisotopic (exact) mass is 374 g/mol. The van der Waals surface area contributed by atoms with Gasteiger partial charge in [0.2, 0.25) is 5.91 Å². The van der Waals surface area contributed by atoms with Gasteiger partial charge in [-0.15, -0.1) is 0 Å². The average Bonchev–Trinajstić information content (AvgIpc) is 3.06. The van der Waals surface area contributed by atoms with Crippen molar-refractivity contribution >= 4 is 5.91 Å². The molecule has 1 atom stereocenters. The maximum Gasteiger partial charge on any atom is 0.416 e. The number of nitrogens with zero attached hydrogens (tertiary/aromatic N) is 2. The Morgan fingerprint density at radius 2 is 1.78 bits per heavy atom. The van der Waals surface area contributed by atoms with Crippen molar-refractivity contribution < 1.29 is 18.0 Å². The van der Waals surface area contributed by atoms with Gasteiger partial charge in [0.15, 0.2) is 5.82 Å². The van der Waals surface area contributed by atoms with E-state index in [1.807, 2.05) is 30.3 Å². The van der Waals surface area contributed by atoms with Crippen LogP contribution in [0.3, 0.4) is 0 Å². The maximum atomic E-state index is 12.6. The third-order valence-corrected chi connectivity index (χ3v) is 3.96. The van der Waals surface area contributed by atoms with Crippen molar-refractivity contribution in [2.75, 3.05) is 0 Å². The molecule has 8 heteroatoms. The number of amides is 1. The molecule has 1 aromatic heterocycles. The van der Waals surface area contributed by atoms with Gasteiger partial charge in [-0.25, -0.2) is 4.98 Å². The number of carbonyl (C=O) groups is 1. The van der Waals surface area contributed by atoms with E-state index in [9.17, 15) is 18.0 Å². The lowest BCUT2D eigenvalue weighted by molar-refractivity contribution is -0.137. The van der Waals surface area contributed by atoms with E-state index in [1.54, 1.807) is 6.92 Å². The number of halogens is 3. The molecule has 1 amide bonds. The Balaban J connectivity index is 1.75. The molecule has 0 saturated heterocycles. The minimum absolute atomic E-state index is 0.0507. The lowest BCUT2D eigenvalue weighted by Gasteiger charge is -2.16. The fraction of sp³-hybridized carbons (Fsp3) is 0.211. The van der Waals surface area contributed by atoms with Gasteiger partial charge < -0.3 is 5.32 Å². The summed E-state index contributed by atoms with van der Waals surface area (Å²) in [5.74, 6) is 0.688.